The predicted octanol–water partition coefficient (Wildman–Crippen LogP) is 2.89. The van der Waals surface area contributed by atoms with Crippen LogP contribution in [0.15, 0.2) is 30.3 Å². The zero-order chi connectivity index (χ0) is 16.4. The van der Waals surface area contributed by atoms with Gasteiger partial charge in [0.15, 0.2) is 5.69 Å². The van der Waals surface area contributed by atoms with Crippen molar-refractivity contribution in [3.8, 4) is 11.3 Å². The van der Waals surface area contributed by atoms with Gasteiger partial charge in [-0.1, -0.05) is 30.3 Å². The normalized spacial score (nSPS) is 18.9. The van der Waals surface area contributed by atoms with Crippen LogP contribution in [0.25, 0.3) is 11.3 Å². The van der Waals surface area contributed by atoms with Gasteiger partial charge in [-0.05, 0) is 12.8 Å². The van der Waals surface area contributed by atoms with Gasteiger partial charge in [0.1, 0.15) is 5.69 Å². The fourth-order valence-electron chi connectivity index (χ4n) is 2.76. The average molecular weight is 324 g/mol. The molecule has 0 aliphatic carbocycles. The van der Waals surface area contributed by atoms with Crippen molar-refractivity contribution in [2.45, 2.75) is 19.0 Å². The Morgan fingerprint density at radius 1 is 1.22 bits per heavy atom. The minimum absolute atomic E-state index is 0.0532. The van der Waals surface area contributed by atoms with Crippen LogP contribution in [-0.4, -0.2) is 45.5 Å². The van der Waals surface area contributed by atoms with Crippen molar-refractivity contribution in [3.63, 3.8) is 0 Å². The zero-order valence-corrected chi connectivity index (χ0v) is 12.2. The number of rotatable bonds is 2. The summed E-state index contributed by atoms with van der Waals surface area (Å²) in [6.07, 6.45) is -3.91. The van der Waals surface area contributed by atoms with Gasteiger partial charge < -0.3 is 4.90 Å². The number of nitrogens with zero attached hydrogens (tertiary/aromatic N) is 3. The number of hydrogen-bond acceptors (Lipinski definition) is 3. The van der Waals surface area contributed by atoms with Gasteiger partial charge in [0, 0.05) is 18.7 Å². The van der Waals surface area contributed by atoms with Crippen LogP contribution in [0.4, 0.5) is 13.2 Å². The van der Waals surface area contributed by atoms with E-state index in [1.807, 2.05) is 6.07 Å². The molecule has 1 fully saturated rings. The van der Waals surface area contributed by atoms with Gasteiger partial charge in [-0.15, -0.1) is 0 Å². The Hall–Kier alpha value is -2.38. The summed E-state index contributed by atoms with van der Waals surface area (Å²) in [4.78, 5) is 13.8. The lowest BCUT2D eigenvalue weighted by Crippen LogP contribution is -2.44. The summed E-state index contributed by atoms with van der Waals surface area (Å²) in [5.41, 5.74) is 1.10. The molecule has 1 aromatic heterocycles. The third kappa shape index (κ3) is 3.20. The lowest BCUT2D eigenvalue weighted by Gasteiger charge is -2.33. The number of piperidine rings is 1. The number of alkyl halides is 3. The first-order chi connectivity index (χ1) is 11.0. The van der Waals surface area contributed by atoms with E-state index in [0.717, 1.165) is 0 Å². The Labute approximate surface area is 130 Å². The number of carbonyl (C=O) groups is 1. The molecule has 1 saturated heterocycles. The summed E-state index contributed by atoms with van der Waals surface area (Å²) in [7, 11) is 0. The summed E-state index contributed by atoms with van der Waals surface area (Å²) in [6, 6.07) is 8.94. The molecule has 122 valence electrons. The number of halogens is 3. The van der Waals surface area contributed by atoms with E-state index >= 15 is 0 Å². The summed E-state index contributed by atoms with van der Waals surface area (Å²) in [5.74, 6) is -2.00. The highest BCUT2D eigenvalue weighted by Crippen LogP contribution is 2.33. The predicted molar refractivity (Wildman–Crippen MR) is 76.5 cm³/mol. The highest BCUT2D eigenvalue weighted by Gasteiger charge is 2.43. The molecule has 1 amide bonds. The maximum absolute atomic E-state index is 12.9. The maximum atomic E-state index is 12.9. The molecule has 2 aromatic rings. The van der Waals surface area contributed by atoms with Crippen molar-refractivity contribution in [1.29, 1.82) is 0 Å². The van der Waals surface area contributed by atoms with Crippen LogP contribution in [-0.2, 0) is 0 Å². The molecular weight excluding hydrogens is 309 g/mol. The lowest BCUT2D eigenvalue weighted by molar-refractivity contribution is -0.184. The molecule has 1 aromatic carbocycles. The van der Waals surface area contributed by atoms with Gasteiger partial charge in [0.2, 0.25) is 0 Å². The first kappa shape index (κ1) is 15.5. The van der Waals surface area contributed by atoms with Crippen LogP contribution in [0.3, 0.4) is 0 Å². The zero-order valence-electron chi connectivity index (χ0n) is 12.2. The van der Waals surface area contributed by atoms with E-state index in [9.17, 15) is 18.0 Å². The topological polar surface area (TPSA) is 61.9 Å². The van der Waals surface area contributed by atoms with Crippen LogP contribution >= 0.6 is 0 Å². The maximum Gasteiger partial charge on any atom is 0.393 e. The molecule has 1 N–H and O–H groups in total. The van der Waals surface area contributed by atoms with E-state index in [0.29, 0.717) is 24.2 Å². The molecular formula is C15H15F3N4O. The molecule has 1 aliphatic heterocycles. The van der Waals surface area contributed by atoms with Crippen LogP contribution in [0.1, 0.15) is 23.3 Å². The monoisotopic (exact) mass is 324 g/mol. The number of amides is 1. The number of likely N-dealkylation sites (tertiary alicyclic amines) is 1. The number of carbonyl (C=O) groups excluding carboxylic acids is 1. The van der Waals surface area contributed by atoms with Crippen molar-refractivity contribution >= 4 is 5.91 Å². The van der Waals surface area contributed by atoms with E-state index in [1.54, 1.807) is 24.3 Å². The van der Waals surface area contributed by atoms with Crippen molar-refractivity contribution in [3.05, 3.63) is 36.0 Å². The quantitative estimate of drug-likeness (QED) is 0.924. The minimum Gasteiger partial charge on any atom is -0.337 e. The Morgan fingerprint density at radius 3 is 2.65 bits per heavy atom. The fourth-order valence-corrected chi connectivity index (χ4v) is 2.76. The largest absolute Gasteiger partial charge is 0.393 e. The minimum atomic E-state index is -4.29. The molecule has 1 unspecified atom stereocenters. The average Bonchev–Trinajstić information content (AvgIpc) is 3.04. The molecule has 0 saturated carbocycles. The van der Waals surface area contributed by atoms with Gasteiger partial charge in [-0.3, -0.25) is 4.79 Å². The smallest absolute Gasteiger partial charge is 0.337 e. The second kappa shape index (κ2) is 6.02. The van der Waals surface area contributed by atoms with Crippen molar-refractivity contribution < 1.29 is 18.0 Å². The van der Waals surface area contributed by atoms with E-state index in [4.69, 9.17) is 0 Å². The SMILES string of the molecule is O=C(c1n[nH]nc1-c1ccccc1)N1CCCC(C(F)(F)F)C1. The van der Waals surface area contributed by atoms with Gasteiger partial charge >= 0.3 is 6.18 Å². The number of benzene rings is 1. The van der Waals surface area contributed by atoms with Gasteiger partial charge in [-0.2, -0.15) is 28.6 Å². The highest BCUT2D eigenvalue weighted by atomic mass is 19.4. The summed E-state index contributed by atoms with van der Waals surface area (Å²) in [6.45, 7) is -0.0318. The first-order valence-corrected chi connectivity index (χ1v) is 7.29. The summed E-state index contributed by atoms with van der Waals surface area (Å²) >= 11 is 0. The molecule has 1 aliphatic rings. The molecule has 23 heavy (non-hydrogen) atoms. The Balaban J connectivity index is 1.83. The van der Waals surface area contributed by atoms with E-state index in [1.165, 1.54) is 4.90 Å². The number of hydrogen-bond donors (Lipinski definition) is 1. The van der Waals surface area contributed by atoms with Crippen LogP contribution < -0.4 is 0 Å². The summed E-state index contributed by atoms with van der Waals surface area (Å²) < 4.78 is 38.7. The number of H-pyrrole nitrogens is 1. The molecule has 0 spiro atoms. The third-order valence-electron chi connectivity index (χ3n) is 3.97. The first-order valence-electron chi connectivity index (χ1n) is 7.29. The van der Waals surface area contributed by atoms with Gasteiger partial charge in [0.05, 0.1) is 5.92 Å². The van der Waals surface area contributed by atoms with Crippen LogP contribution in [0.5, 0.6) is 0 Å². The highest BCUT2D eigenvalue weighted by molar-refractivity contribution is 5.97. The van der Waals surface area contributed by atoms with Crippen molar-refractivity contribution in [2.75, 3.05) is 13.1 Å². The molecule has 3 rings (SSSR count). The van der Waals surface area contributed by atoms with Crippen molar-refractivity contribution in [2.24, 2.45) is 5.92 Å². The second-order valence-corrected chi connectivity index (χ2v) is 5.52. The summed E-state index contributed by atoms with van der Waals surface area (Å²) in [5, 5.41) is 10.2. The second-order valence-electron chi connectivity index (χ2n) is 5.52. The Morgan fingerprint density at radius 2 is 1.96 bits per heavy atom. The molecule has 1 atom stereocenters. The number of nitrogens with one attached hydrogen (secondary N) is 1. The third-order valence-corrected chi connectivity index (χ3v) is 3.97. The van der Waals surface area contributed by atoms with Crippen LogP contribution in [0.2, 0.25) is 0 Å². The molecule has 8 heteroatoms. The van der Waals surface area contributed by atoms with E-state index in [2.05, 4.69) is 15.4 Å². The van der Waals surface area contributed by atoms with E-state index in [-0.39, 0.29) is 18.7 Å². The van der Waals surface area contributed by atoms with Crippen LogP contribution in [0, 0.1) is 5.92 Å². The van der Waals surface area contributed by atoms with Crippen molar-refractivity contribution in [1.82, 2.24) is 20.3 Å². The Bertz CT molecular complexity index is 684. The molecule has 0 radical (unpaired) electrons. The van der Waals surface area contributed by atoms with E-state index < -0.39 is 18.0 Å². The molecule has 2 heterocycles. The number of aromatic nitrogens is 3. The van der Waals surface area contributed by atoms with Gasteiger partial charge in [0.25, 0.3) is 5.91 Å². The van der Waals surface area contributed by atoms with Gasteiger partial charge in [-0.25, -0.2) is 0 Å². The fraction of sp³-hybridized carbons (Fsp3) is 0.400. The standard InChI is InChI=1S/C15H15F3N4O/c16-15(17,18)11-7-4-8-22(9-11)14(23)13-12(19-21-20-13)10-5-2-1-3-6-10/h1-3,5-6,11H,4,7-9H2,(H,19,20,21). The Kier molecular flexibility index (Phi) is 4.06. The molecule has 0 bridgehead atoms. The molecule has 5 nitrogen and oxygen atoms in total. The lowest BCUT2D eigenvalue weighted by atomic mass is 9.97. The number of aromatic amines is 1.